The van der Waals surface area contributed by atoms with Crippen molar-refractivity contribution in [2.24, 2.45) is 0 Å². The van der Waals surface area contributed by atoms with Crippen LogP contribution in [-0.4, -0.2) is 11.1 Å². The molecular formula is C11H12ClFO2. The summed E-state index contributed by atoms with van der Waals surface area (Å²) in [5.74, 6) is -1.21. The van der Waals surface area contributed by atoms with E-state index in [1.54, 1.807) is 12.1 Å². The third-order valence-corrected chi connectivity index (χ3v) is 2.41. The van der Waals surface area contributed by atoms with Crippen molar-refractivity contribution < 1.29 is 14.3 Å². The lowest BCUT2D eigenvalue weighted by molar-refractivity contribution is -0.137. The molecule has 1 N–H and O–H groups in total. The lowest BCUT2D eigenvalue weighted by Crippen LogP contribution is -1.96. The Hall–Kier alpha value is -1.09. The van der Waals surface area contributed by atoms with Crippen molar-refractivity contribution >= 4 is 17.6 Å². The van der Waals surface area contributed by atoms with E-state index in [0.717, 1.165) is 0 Å². The topological polar surface area (TPSA) is 37.3 Å². The van der Waals surface area contributed by atoms with Crippen LogP contribution in [0.2, 0.25) is 5.02 Å². The summed E-state index contributed by atoms with van der Waals surface area (Å²) in [6.45, 7) is 0. The highest BCUT2D eigenvalue weighted by molar-refractivity contribution is 6.30. The molecule has 15 heavy (non-hydrogen) atoms. The number of halogens is 2. The summed E-state index contributed by atoms with van der Waals surface area (Å²) in [4.78, 5) is 10.2. The molecule has 0 aliphatic carbocycles. The average Bonchev–Trinajstić information content (AvgIpc) is 2.18. The van der Waals surface area contributed by atoms with E-state index in [0.29, 0.717) is 24.8 Å². The molecular weight excluding hydrogens is 219 g/mol. The molecule has 0 heterocycles. The van der Waals surface area contributed by atoms with Crippen molar-refractivity contribution in [3.8, 4) is 0 Å². The summed E-state index contributed by atoms with van der Waals surface area (Å²) < 4.78 is 13.3. The number of unbranched alkanes of at least 4 members (excludes halogenated alkanes) is 1. The van der Waals surface area contributed by atoms with Gasteiger partial charge in [0.1, 0.15) is 5.82 Å². The van der Waals surface area contributed by atoms with Crippen molar-refractivity contribution in [2.45, 2.75) is 25.7 Å². The third kappa shape index (κ3) is 3.88. The summed E-state index contributed by atoms with van der Waals surface area (Å²) in [6, 6.07) is 4.86. The van der Waals surface area contributed by atoms with E-state index in [9.17, 15) is 9.18 Å². The minimum atomic E-state index is -0.818. The predicted molar refractivity (Wildman–Crippen MR) is 56.6 cm³/mol. The molecule has 0 spiro atoms. The molecule has 0 amide bonds. The molecule has 0 aliphatic rings. The Bertz CT molecular complexity index is 352. The molecule has 0 fully saturated rings. The molecule has 0 unspecified atom stereocenters. The number of carboxylic acid groups (broad SMARTS) is 1. The maximum absolute atomic E-state index is 13.3. The Balaban J connectivity index is 2.44. The van der Waals surface area contributed by atoms with Crippen molar-refractivity contribution in [1.82, 2.24) is 0 Å². The fourth-order valence-corrected chi connectivity index (χ4v) is 1.53. The summed E-state index contributed by atoms with van der Waals surface area (Å²) in [5, 5.41) is 8.53. The van der Waals surface area contributed by atoms with Crippen LogP contribution in [-0.2, 0) is 11.2 Å². The van der Waals surface area contributed by atoms with Crippen molar-refractivity contribution in [3.05, 3.63) is 34.6 Å². The zero-order chi connectivity index (χ0) is 11.3. The maximum atomic E-state index is 13.3. The van der Waals surface area contributed by atoms with Gasteiger partial charge in [0.05, 0.1) is 5.02 Å². The van der Waals surface area contributed by atoms with E-state index < -0.39 is 11.8 Å². The summed E-state index contributed by atoms with van der Waals surface area (Å²) in [7, 11) is 0. The van der Waals surface area contributed by atoms with Crippen LogP contribution in [0.3, 0.4) is 0 Å². The summed E-state index contributed by atoms with van der Waals surface area (Å²) in [5.41, 5.74) is 0.549. The minimum Gasteiger partial charge on any atom is -0.481 e. The second-order valence-electron chi connectivity index (χ2n) is 3.31. The standard InChI is InChI=1S/C11H12ClFO2/c12-9-6-3-5-8(11(9)13)4-1-2-7-10(14)15/h3,5-6H,1-2,4,7H2,(H,14,15). The van der Waals surface area contributed by atoms with Gasteiger partial charge in [0.2, 0.25) is 0 Å². The van der Waals surface area contributed by atoms with Gasteiger partial charge < -0.3 is 5.11 Å². The highest BCUT2D eigenvalue weighted by Crippen LogP contribution is 2.19. The van der Waals surface area contributed by atoms with Crippen LogP contribution >= 0.6 is 11.6 Å². The Morgan fingerprint density at radius 1 is 1.40 bits per heavy atom. The first-order chi connectivity index (χ1) is 7.11. The van der Waals surface area contributed by atoms with Crippen LogP contribution < -0.4 is 0 Å². The molecule has 1 aromatic carbocycles. The van der Waals surface area contributed by atoms with Crippen LogP contribution in [0.5, 0.6) is 0 Å². The van der Waals surface area contributed by atoms with Crippen LogP contribution in [0, 0.1) is 5.82 Å². The quantitative estimate of drug-likeness (QED) is 0.789. The Labute approximate surface area is 92.7 Å². The predicted octanol–water partition coefficient (Wildman–Crippen LogP) is 3.28. The molecule has 1 rings (SSSR count). The van der Waals surface area contributed by atoms with E-state index in [2.05, 4.69) is 0 Å². The van der Waals surface area contributed by atoms with Gasteiger partial charge in [-0.15, -0.1) is 0 Å². The summed E-state index contributed by atoms with van der Waals surface area (Å²) in [6.07, 6.45) is 1.87. The van der Waals surface area contributed by atoms with Gasteiger partial charge in [-0.3, -0.25) is 4.79 Å². The molecule has 0 saturated heterocycles. The smallest absolute Gasteiger partial charge is 0.303 e. The lowest BCUT2D eigenvalue weighted by atomic mass is 10.1. The van der Waals surface area contributed by atoms with Crippen LogP contribution in [0.4, 0.5) is 4.39 Å². The van der Waals surface area contributed by atoms with Crippen molar-refractivity contribution in [3.63, 3.8) is 0 Å². The number of hydrogen-bond donors (Lipinski definition) is 1. The minimum absolute atomic E-state index is 0.116. The molecule has 4 heteroatoms. The van der Waals surface area contributed by atoms with Crippen LogP contribution in [0.1, 0.15) is 24.8 Å². The molecule has 0 saturated carbocycles. The number of benzene rings is 1. The van der Waals surface area contributed by atoms with Crippen molar-refractivity contribution in [1.29, 1.82) is 0 Å². The Morgan fingerprint density at radius 2 is 2.13 bits per heavy atom. The number of hydrogen-bond acceptors (Lipinski definition) is 1. The number of carbonyl (C=O) groups is 1. The molecule has 0 radical (unpaired) electrons. The Kier molecular flexibility index (Phi) is 4.56. The fraction of sp³-hybridized carbons (Fsp3) is 0.364. The average molecular weight is 231 g/mol. The largest absolute Gasteiger partial charge is 0.481 e. The third-order valence-electron chi connectivity index (χ3n) is 2.12. The molecule has 0 bridgehead atoms. The van der Waals surface area contributed by atoms with Gasteiger partial charge in [-0.05, 0) is 30.9 Å². The number of aryl methyl sites for hydroxylation is 1. The van der Waals surface area contributed by atoms with Crippen LogP contribution in [0.15, 0.2) is 18.2 Å². The molecule has 1 aromatic rings. The first-order valence-corrected chi connectivity index (χ1v) is 5.13. The highest BCUT2D eigenvalue weighted by atomic mass is 35.5. The molecule has 82 valence electrons. The second kappa shape index (κ2) is 5.71. The molecule has 0 atom stereocenters. The molecule has 2 nitrogen and oxygen atoms in total. The van der Waals surface area contributed by atoms with Crippen LogP contribution in [0.25, 0.3) is 0 Å². The first-order valence-electron chi connectivity index (χ1n) is 4.76. The zero-order valence-corrected chi connectivity index (χ0v) is 8.93. The maximum Gasteiger partial charge on any atom is 0.303 e. The number of carboxylic acids is 1. The van der Waals surface area contributed by atoms with E-state index in [1.807, 2.05) is 0 Å². The first kappa shape index (κ1) is 12.0. The van der Waals surface area contributed by atoms with E-state index >= 15 is 0 Å². The lowest BCUT2D eigenvalue weighted by Gasteiger charge is -2.03. The van der Waals surface area contributed by atoms with E-state index in [4.69, 9.17) is 16.7 Å². The zero-order valence-electron chi connectivity index (χ0n) is 8.17. The fourth-order valence-electron chi connectivity index (χ4n) is 1.33. The van der Waals surface area contributed by atoms with Gasteiger partial charge >= 0.3 is 5.97 Å². The van der Waals surface area contributed by atoms with Gasteiger partial charge in [-0.2, -0.15) is 0 Å². The number of aliphatic carboxylic acids is 1. The molecule has 0 aromatic heterocycles. The second-order valence-corrected chi connectivity index (χ2v) is 3.72. The SMILES string of the molecule is O=C(O)CCCCc1cccc(Cl)c1F. The van der Waals surface area contributed by atoms with Gasteiger partial charge in [-0.1, -0.05) is 23.7 Å². The number of rotatable bonds is 5. The summed E-state index contributed by atoms with van der Waals surface area (Å²) >= 11 is 5.61. The highest BCUT2D eigenvalue weighted by Gasteiger charge is 2.05. The van der Waals surface area contributed by atoms with Gasteiger partial charge in [-0.25, -0.2) is 4.39 Å². The van der Waals surface area contributed by atoms with Gasteiger partial charge in [0.25, 0.3) is 0 Å². The Morgan fingerprint density at radius 3 is 2.80 bits per heavy atom. The van der Waals surface area contributed by atoms with Gasteiger partial charge in [0.15, 0.2) is 0 Å². The normalized spacial score (nSPS) is 10.3. The monoisotopic (exact) mass is 230 g/mol. The van der Waals surface area contributed by atoms with Crippen molar-refractivity contribution in [2.75, 3.05) is 0 Å². The van der Waals surface area contributed by atoms with Gasteiger partial charge in [0, 0.05) is 6.42 Å². The van der Waals surface area contributed by atoms with E-state index in [1.165, 1.54) is 6.07 Å². The van der Waals surface area contributed by atoms with E-state index in [-0.39, 0.29) is 11.4 Å². The molecule has 0 aliphatic heterocycles.